The molecule has 25 heavy (non-hydrogen) atoms. The maximum Gasteiger partial charge on any atom is 0.307 e. The van der Waals surface area contributed by atoms with Gasteiger partial charge in [0.15, 0.2) is 0 Å². The molecule has 0 aliphatic carbocycles. The van der Waals surface area contributed by atoms with E-state index in [4.69, 9.17) is 9.84 Å². The molecule has 7 nitrogen and oxygen atoms in total. The van der Waals surface area contributed by atoms with Crippen LogP contribution >= 0.6 is 11.3 Å². The van der Waals surface area contributed by atoms with E-state index >= 15 is 0 Å². The van der Waals surface area contributed by atoms with Gasteiger partial charge >= 0.3 is 10.8 Å². The van der Waals surface area contributed by atoms with Crippen molar-refractivity contribution >= 4 is 17.3 Å². The van der Waals surface area contributed by atoms with Crippen LogP contribution in [-0.4, -0.2) is 26.2 Å². The molecule has 3 rings (SSSR count). The molecule has 128 valence electrons. The number of rotatable bonds is 6. The molecule has 0 saturated heterocycles. The van der Waals surface area contributed by atoms with Gasteiger partial charge in [-0.2, -0.15) is 0 Å². The summed E-state index contributed by atoms with van der Waals surface area (Å²) < 4.78 is 5.61. The monoisotopic (exact) mass is 358 g/mol. The first kappa shape index (κ1) is 16.7. The maximum absolute atomic E-state index is 11.2. The van der Waals surface area contributed by atoms with Gasteiger partial charge in [-0.3, -0.25) is 14.6 Å². The zero-order valence-corrected chi connectivity index (χ0v) is 13.7. The lowest BCUT2D eigenvalue weighted by atomic mass is 10.1. The SMILES string of the molecule is O=C(O)Cc1ccc(Oc2ccc(Cc3sc(=O)[nH]c3O)cc2)nc1. The number of hydrogen-bond acceptors (Lipinski definition) is 6. The number of benzene rings is 1. The Morgan fingerprint density at radius 2 is 1.88 bits per heavy atom. The van der Waals surface area contributed by atoms with Gasteiger partial charge in [0.1, 0.15) is 5.75 Å². The summed E-state index contributed by atoms with van der Waals surface area (Å²) in [5.74, 6) is -0.0670. The van der Waals surface area contributed by atoms with Crippen molar-refractivity contribution in [2.75, 3.05) is 0 Å². The smallest absolute Gasteiger partial charge is 0.307 e. The molecule has 0 atom stereocenters. The van der Waals surface area contributed by atoms with Gasteiger partial charge in [0.2, 0.25) is 11.8 Å². The van der Waals surface area contributed by atoms with Crippen molar-refractivity contribution < 1.29 is 19.7 Å². The van der Waals surface area contributed by atoms with Gasteiger partial charge in [0.25, 0.3) is 0 Å². The van der Waals surface area contributed by atoms with Gasteiger partial charge in [-0.25, -0.2) is 4.98 Å². The number of aromatic hydroxyl groups is 1. The lowest BCUT2D eigenvalue weighted by Gasteiger charge is -2.06. The summed E-state index contributed by atoms with van der Waals surface area (Å²) in [5.41, 5.74) is 1.52. The summed E-state index contributed by atoms with van der Waals surface area (Å²) in [5, 5.41) is 18.3. The fraction of sp³-hybridized carbons (Fsp3) is 0.118. The van der Waals surface area contributed by atoms with E-state index in [1.54, 1.807) is 24.3 Å². The Kier molecular flexibility index (Phi) is 4.80. The molecule has 0 amide bonds. The molecule has 3 aromatic rings. The van der Waals surface area contributed by atoms with Crippen molar-refractivity contribution in [3.8, 4) is 17.5 Å². The number of nitrogens with zero attached hydrogens (tertiary/aromatic N) is 1. The van der Waals surface area contributed by atoms with Crippen LogP contribution in [0.1, 0.15) is 16.0 Å². The Hall–Kier alpha value is -3.13. The van der Waals surface area contributed by atoms with E-state index in [0.29, 0.717) is 28.5 Å². The second kappa shape index (κ2) is 7.18. The third-order valence-corrected chi connectivity index (χ3v) is 4.24. The number of nitrogens with one attached hydrogen (secondary N) is 1. The van der Waals surface area contributed by atoms with Crippen molar-refractivity contribution in [1.82, 2.24) is 9.97 Å². The minimum absolute atomic E-state index is 0.0833. The first-order valence-electron chi connectivity index (χ1n) is 7.34. The van der Waals surface area contributed by atoms with E-state index in [-0.39, 0.29) is 17.2 Å². The Morgan fingerprint density at radius 1 is 1.16 bits per heavy atom. The van der Waals surface area contributed by atoms with Gasteiger partial charge in [-0.1, -0.05) is 29.5 Å². The number of aromatic amines is 1. The van der Waals surface area contributed by atoms with E-state index in [0.717, 1.165) is 16.9 Å². The van der Waals surface area contributed by atoms with Crippen LogP contribution in [-0.2, 0) is 17.6 Å². The minimum Gasteiger partial charge on any atom is -0.494 e. The van der Waals surface area contributed by atoms with Gasteiger partial charge in [0, 0.05) is 18.7 Å². The lowest BCUT2D eigenvalue weighted by molar-refractivity contribution is -0.136. The Balaban J connectivity index is 1.65. The van der Waals surface area contributed by atoms with Crippen molar-refractivity contribution in [2.45, 2.75) is 12.8 Å². The fourth-order valence-corrected chi connectivity index (χ4v) is 2.96. The number of carboxylic acid groups (broad SMARTS) is 1. The quantitative estimate of drug-likeness (QED) is 0.624. The molecule has 8 heteroatoms. The highest BCUT2D eigenvalue weighted by molar-refractivity contribution is 7.09. The summed E-state index contributed by atoms with van der Waals surface area (Å²) in [6.07, 6.45) is 1.83. The molecule has 0 saturated carbocycles. The first-order valence-corrected chi connectivity index (χ1v) is 8.16. The third-order valence-electron chi connectivity index (χ3n) is 3.36. The highest BCUT2D eigenvalue weighted by Crippen LogP contribution is 2.24. The molecule has 2 aromatic heterocycles. The summed E-state index contributed by atoms with van der Waals surface area (Å²) in [4.78, 5) is 28.5. The standard InChI is InChI=1S/C17H14N2O5S/c20-15(21)8-11-3-6-14(18-9-11)24-12-4-1-10(2-5-12)7-13-16(22)19-17(23)25-13/h1-6,9,22H,7-8H2,(H,19,23)(H,20,21). The summed E-state index contributed by atoms with van der Waals surface area (Å²) in [6.45, 7) is 0. The molecule has 0 aliphatic rings. The van der Waals surface area contributed by atoms with Crippen LogP contribution in [0.5, 0.6) is 17.5 Å². The number of hydrogen-bond donors (Lipinski definition) is 3. The summed E-state index contributed by atoms with van der Waals surface area (Å²) in [7, 11) is 0. The van der Waals surface area contributed by atoms with Crippen molar-refractivity contribution in [3.05, 3.63) is 68.3 Å². The van der Waals surface area contributed by atoms with Crippen molar-refractivity contribution in [2.24, 2.45) is 0 Å². The molecule has 1 aromatic carbocycles. The lowest BCUT2D eigenvalue weighted by Crippen LogP contribution is -2.00. The summed E-state index contributed by atoms with van der Waals surface area (Å²) >= 11 is 0.977. The highest BCUT2D eigenvalue weighted by Gasteiger charge is 2.08. The Bertz CT molecular complexity index is 929. The van der Waals surface area contributed by atoms with Gasteiger partial charge < -0.3 is 14.9 Å². The van der Waals surface area contributed by atoms with E-state index < -0.39 is 5.97 Å². The zero-order chi connectivity index (χ0) is 17.8. The molecule has 3 N–H and O–H groups in total. The average Bonchev–Trinajstić information content (AvgIpc) is 2.88. The van der Waals surface area contributed by atoms with Crippen molar-refractivity contribution in [1.29, 1.82) is 0 Å². The molecule has 0 unspecified atom stereocenters. The van der Waals surface area contributed by atoms with Crippen LogP contribution in [0.3, 0.4) is 0 Å². The number of thiazole rings is 1. The minimum atomic E-state index is -0.912. The normalized spacial score (nSPS) is 10.6. The fourth-order valence-electron chi connectivity index (χ4n) is 2.20. The molecular weight excluding hydrogens is 344 g/mol. The third kappa shape index (κ3) is 4.45. The molecular formula is C17H14N2O5S. The number of carbonyl (C=O) groups is 1. The number of carboxylic acids is 1. The molecule has 0 radical (unpaired) electrons. The first-order chi connectivity index (χ1) is 12.0. The predicted molar refractivity (Wildman–Crippen MR) is 91.5 cm³/mol. The number of pyridine rings is 1. The van der Waals surface area contributed by atoms with Crippen molar-refractivity contribution in [3.63, 3.8) is 0 Å². The van der Waals surface area contributed by atoms with Gasteiger partial charge in [-0.15, -0.1) is 0 Å². The topological polar surface area (TPSA) is 113 Å². The molecule has 0 aliphatic heterocycles. The molecule has 0 fully saturated rings. The Morgan fingerprint density at radius 3 is 2.44 bits per heavy atom. The van der Waals surface area contributed by atoms with E-state index in [1.807, 2.05) is 12.1 Å². The summed E-state index contributed by atoms with van der Waals surface area (Å²) in [6, 6.07) is 10.4. The molecule has 0 spiro atoms. The van der Waals surface area contributed by atoms with Crippen LogP contribution in [0.2, 0.25) is 0 Å². The molecule has 2 heterocycles. The van der Waals surface area contributed by atoms with Crippen LogP contribution < -0.4 is 9.61 Å². The largest absolute Gasteiger partial charge is 0.494 e. The highest BCUT2D eigenvalue weighted by atomic mass is 32.1. The van der Waals surface area contributed by atoms with Crippen LogP contribution in [0.15, 0.2) is 47.4 Å². The van der Waals surface area contributed by atoms with Crippen LogP contribution in [0.25, 0.3) is 0 Å². The Labute approximate surface area is 146 Å². The second-order valence-electron chi connectivity index (χ2n) is 5.28. The predicted octanol–water partition coefficient (Wildman–Crippen LogP) is 2.55. The maximum atomic E-state index is 11.2. The van der Waals surface area contributed by atoms with Gasteiger partial charge in [-0.05, 0) is 23.3 Å². The van der Waals surface area contributed by atoms with Gasteiger partial charge in [0.05, 0.1) is 11.3 Å². The number of H-pyrrole nitrogens is 1. The number of aromatic nitrogens is 2. The van der Waals surface area contributed by atoms with E-state index in [2.05, 4.69) is 9.97 Å². The van der Waals surface area contributed by atoms with E-state index in [1.165, 1.54) is 6.20 Å². The molecule has 0 bridgehead atoms. The number of aliphatic carboxylic acids is 1. The zero-order valence-electron chi connectivity index (χ0n) is 12.9. The van der Waals surface area contributed by atoms with E-state index in [9.17, 15) is 14.7 Å². The number of ether oxygens (including phenoxy) is 1. The average molecular weight is 358 g/mol. The van der Waals surface area contributed by atoms with Crippen LogP contribution in [0.4, 0.5) is 0 Å². The second-order valence-corrected chi connectivity index (χ2v) is 6.35. The van der Waals surface area contributed by atoms with Crippen LogP contribution in [0, 0.1) is 0 Å².